The molecule has 0 unspecified atom stereocenters. The fourth-order valence-electron chi connectivity index (χ4n) is 2.41. The molecule has 0 amide bonds. The molecular weight excluding hydrogens is 357 g/mol. The number of hydrogen-bond donors (Lipinski definition) is 0. The van der Waals surface area contributed by atoms with Gasteiger partial charge < -0.3 is 4.90 Å². The molecular formula is C20H25Cl2NS. The van der Waals surface area contributed by atoms with E-state index >= 15 is 0 Å². The minimum atomic E-state index is 0.704. The number of rotatable bonds is 8. The Bertz CT molecular complexity index is 678. The van der Waals surface area contributed by atoms with Crippen LogP contribution in [0.5, 0.6) is 0 Å². The quantitative estimate of drug-likeness (QED) is 0.424. The van der Waals surface area contributed by atoms with Gasteiger partial charge >= 0.3 is 0 Å². The molecule has 3 rings (SSSR count). The third-order valence-corrected chi connectivity index (χ3v) is 5.83. The van der Waals surface area contributed by atoms with Crippen LogP contribution in [0.15, 0.2) is 42.5 Å². The second-order valence-corrected chi connectivity index (χ2v) is 7.69. The van der Waals surface area contributed by atoms with E-state index in [9.17, 15) is 0 Å². The zero-order valence-corrected chi connectivity index (χ0v) is 16.7. The Hall–Kier alpha value is -0.670. The monoisotopic (exact) mass is 381 g/mol. The van der Waals surface area contributed by atoms with Crippen molar-refractivity contribution in [3.05, 3.63) is 68.5 Å². The first-order valence-electron chi connectivity index (χ1n) is 8.48. The van der Waals surface area contributed by atoms with Crippen molar-refractivity contribution < 1.29 is 0 Å². The highest BCUT2D eigenvalue weighted by molar-refractivity contribution is 7.98. The summed E-state index contributed by atoms with van der Waals surface area (Å²) in [6.07, 6.45) is 1.23. The molecule has 0 aliphatic heterocycles. The molecule has 0 fully saturated rings. The van der Waals surface area contributed by atoms with Crippen LogP contribution in [0.2, 0.25) is 10.0 Å². The lowest BCUT2D eigenvalue weighted by molar-refractivity contribution is 0.305. The van der Waals surface area contributed by atoms with Crippen LogP contribution in [0.4, 0.5) is 0 Å². The van der Waals surface area contributed by atoms with E-state index in [2.05, 4.69) is 43.0 Å². The summed E-state index contributed by atoms with van der Waals surface area (Å²) in [4.78, 5) is 2.45. The van der Waals surface area contributed by atoms with E-state index in [1.807, 2.05) is 30.0 Å². The van der Waals surface area contributed by atoms with Crippen molar-refractivity contribution in [2.75, 3.05) is 25.4 Å². The predicted octanol–water partition coefficient (Wildman–Crippen LogP) is 6.25. The van der Waals surface area contributed by atoms with Crippen LogP contribution >= 0.6 is 35.0 Å². The third-order valence-electron chi connectivity index (χ3n) is 4.15. The largest absolute Gasteiger partial charge is 0.304 e. The summed E-state index contributed by atoms with van der Waals surface area (Å²) in [7, 11) is 0. The van der Waals surface area contributed by atoms with Gasteiger partial charge in [-0.15, -0.1) is 0 Å². The molecule has 0 saturated heterocycles. The van der Waals surface area contributed by atoms with E-state index in [0.29, 0.717) is 5.02 Å². The molecule has 0 spiro atoms. The first kappa shape index (κ1) is 19.7. The molecule has 130 valence electrons. The number of hydrogen-bond acceptors (Lipinski definition) is 2. The lowest BCUT2D eigenvalue weighted by Gasteiger charge is -2.17. The van der Waals surface area contributed by atoms with Gasteiger partial charge in [0.1, 0.15) is 0 Å². The standard InChI is InChI=1S/C14H21Cl2NS.C6H4/c1-3-17(4-2)8-5-9-18-11-12-6-7-13(15)10-14(12)16;1-2-6-4-3-5(1)6/h6-7,10H,3-5,8-9,11H2,1-2H3;1-4H. The van der Waals surface area contributed by atoms with Crippen LogP contribution in [0.3, 0.4) is 0 Å². The van der Waals surface area contributed by atoms with Crippen molar-refractivity contribution in [1.29, 1.82) is 0 Å². The van der Waals surface area contributed by atoms with Gasteiger partial charge in [0, 0.05) is 15.8 Å². The van der Waals surface area contributed by atoms with E-state index in [1.54, 1.807) is 0 Å². The topological polar surface area (TPSA) is 3.24 Å². The Morgan fingerprint density at radius 3 is 2.00 bits per heavy atom. The predicted molar refractivity (Wildman–Crippen MR) is 109 cm³/mol. The second-order valence-electron chi connectivity index (χ2n) is 5.75. The minimum absolute atomic E-state index is 0.704. The van der Waals surface area contributed by atoms with Crippen LogP contribution < -0.4 is 0 Å². The van der Waals surface area contributed by atoms with E-state index in [4.69, 9.17) is 23.2 Å². The Labute approximate surface area is 159 Å². The molecule has 0 aromatic heterocycles. The van der Waals surface area contributed by atoms with Gasteiger partial charge in [0.25, 0.3) is 0 Å². The van der Waals surface area contributed by atoms with Gasteiger partial charge in [-0.1, -0.05) is 67.4 Å². The third kappa shape index (κ3) is 6.00. The Balaban J connectivity index is 0.000000282. The molecule has 0 radical (unpaired) electrons. The van der Waals surface area contributed by atoms with Gasteiger partial charge in [-0.05, 0) is 59.9 Å². The van der Waals surface area contributed by atoms with Crippen molar-refractivity contribution in [3.63, 3.8) is 0 Å². The summed E-state index contributed by atoms with van der Waals surface area (Å²) in [5.74, 6) is 2.14. The highest BCUT2D eigenvalue weighted by Crippen LogP contribution is 2.24. The number of nitrogens with zero attached hydrogens (tertiary/aromatic N) is 1. The molecule has 0 N–H and O–H groups in total. The molecule has 2 aliphatic carbocycles. The van der Waals surface area contributed by atoms with Gasteiger partial charge in [0.2, 0.25) is 0 Å². The van der Waals surface area contributed by atoms with Gasteiger partial charge in [0.15, 0.2) is 0 Å². The normalized spacial score (nSPS) is 11.2. The van der Waals surface area contributed by atoms with Crippen LogP contribution in [-0.2, 0) is 5.75 Å². The molecule has 0 saturated carbocycles. The molecule has 0 atom stereocenters. The number of thioether (sulfide) groups is 1. The first-order valence-corrected chi connectivity index (χ1v) is 10.4. The van der Waals surface area contributed by atoms with Crippen molar-refractivity contribution in [2.24, 2.45) is 0 Å². The Morgan fingerprint density at radius 1 is 0.917 bits per heavy atom. The summed E-state index contributed by atoms with van der Waals surface area (Å²) in [6.45, 7) is 7.90. The molecule has 1 aromatic rings. The van der Waals surface area contributed by atoms with Crippen LogP contribution in [0.1, 0.15) is 25.8 Å². The van der Waals surface area contributed by atoms with E-state index in [0.717, 1.165) is 23.9 Å². The summed E-state index contributed by atoms with van der Waals surface area (Å²) >= 11 is 13.9. The highest BCUT2D eigenvalue weighted by Gasteiger charge is 2.02. The zero-order chi connectivity index (χ0) is 17.4. The lowest BCUT2D eigenvalue weighted by Crippen LogP contribution is -2.24. The molecule has 0 heterocycles. The fraction of sp³-hybridized carbons (Fsp3) is 0.400. The average Bonchev–Trinajstić information content (AvgIpc) is 2.56. The molecule has 0 bridgehead atoms. The van der Waals surface area contributed by atoms with Crippen molar-refractivity contribution in [2.45, 2.75) is 26.0 Å². The van der Waals surface area contributed by atoms with Crippen LogP contribution in [-0.4, -0.2) is 30.3 Å². The van der Waals surface area contributed by atoms with Gasteiger partial charge in [-0.25, -0.2) is 0 Å². The summed E-state index contributed by atoms with van der Waals surface area (Å²) in [5, 5.41) is 4.33. The van der Waals surface area contributed by atoms with Crippen LogP contribution in [0.25, 0.3) is 0 Å². The van der Waals surface area contributed by atoms with Crippen molar-refractivity contribution >= 4 is 35.0 Å². The Morgan fingerprint density at radius 2 is 1.54 bits per heavy atom. The molecule has 2 aliphatic rings. The van der Waals surface area contributed by atoms with Crippen molar-refractivity contribution in [3.8, 4) is 0 Å². The number of benzene rings is 2. The molecule has 24 heavy (non-hydrogen) atoms. The van der Waals surface area contributed by atoms with E-state index in [1.165, 1.54) is 34.7 Å². The summed E-state index contributed by atoms with van der Waals surface area (Å²) in [5.41, 5.74) is 1.17. The summed E-state index contributed by atoms with van der Waals surface area (Å²) in [6, 6.07) is 14.2. The maximum absolute atomic E-state index is 6.13. The van der Waals surface area contributed by atoms with Crippen LogP contribution in [0, 0.1) is 10.4 Å². The lowest BCUT2D eigenvalue weighted by atomic mass is 10.1. The molecule has 1 nitrogen and oxygen atoms in total. The SMILES string of the molecule is CCN(CC)CCCSCc1ccc(Cl)cc1Cl.c1cc2ccc1=2. The smallest absolute Gasteiger partial charge is 0.0461 e. The van der Waals surface area contributed by atoms with Gasteiger partial charge in [0.05, 0.1) is 0 Å². The van der Waals surface area contributed by atoms with Gasteiger partial charge in [-0.2, -0.15) is 11.8 Å². The summed E-state index contributed by atoms with van der Waals surface area (Å²) < 4.78 is 0. The Kier molecular flexibility index (Phi) is 8.48. The zero-order valence-electron chi connectivity index (χ0n) is 14.4. The minimum Gasteiger partial charge on any atom is -0.304 e. The van der Waals surface area contributed by atoms with Gasteiger partial charge in [-0.3, -0.25) is 0 Å². The number of halogens is 2. The maximum atomic E-state index is 6.13. The molecule has 4 heteroatoms. The second kappa shape index (κ2) is 10.4. The first-order chi connectivity index (χ1) is 11.6. The maximum Gasteiger partial charge on any atom is 0.0461 e. The molecule has 1 aromatic carbocycles. The fourth-order valence-corrected chi connectivity index (χ4v) is 3.92. The average molecular weight is 382 g/mol. The van der Waals surface area contributed by atoms with E-state index in [-0.39, 0.29) is 0 Å². The highest BCUT2D eigenvalue weighted by atomic mass is 35.5. The van der Waals surface area contributed by atoms with E-state index < -0.39 is 0 Å². The van der Waals surface area contributed by atoms with Crippen molar-refractivity contribution in [1.82, 2.24) is 4.90 Å².